The van der Waals surface area contributed by atoms with Crippen molar-refractivity contribution in [3.63, 3.8) is 0 Å². The number of nitrogens with zero attached hydrogens (tertiary/aromatic N) is 1. The number of hydrogen-bond acceptors (Lipinski definition) is 3. The molecule has 0 fully saturated rings. The Hall–Kier alpha value is -1.55. The molecule has 1 aromatic rings. The van der Waals surface area contributed by atoms with E-state index in [0.717, 1.165) is 43.9 Å². The Morgan fingerprint density at radius 1 is 1.20 bits per heavy atom. The van der Waals surface area contributed by atoms with Crippen molar-refractivity contribution in [2.45, 2.75) is 33.1 Å². The van der Waals surface area contributed by atoms with Gasteiger partial charge in [-0.3, -0.25) is 4.79 Å². The number of ether oxygens (including phenoxy) is 1. The van der Waals surface area contributed by atoms with Gasteiger partial charge >= 0.3 is 0 Å². The summed E-state index contributed by atoms with van der Waals surface area (Å²) in [6.45, 7) is 7.26. The molecule has 112 valence electrons. The summed E-state index contributed by atoms with van der Waals surface area (Å²) >= 11 is 0. The van der Waals surface area contributed by atoms with Crippen LogP contribution < -0.4 is 10.1 Å². The second-order valence-corrected chi connectivity index (χ2v) is 4.87. The number of methoxy groups -OCH3 is 1. The highest BCUT2D eigenvalue weighted by Crippen LogP contribution is 2.16. The summed E-state index contributed by atoms with van der Waals surface area (Å²) in [4.78, 5) is 14.3. The summed E-state index contributed by atoms with van der Waals surface area (Å²) < 4.78 is 5.14. The van der Waals surface area contributed by atoms with Crippen LogP contribution in [0.5, 0.6) is 5.75 Å². The van der Waals surface area contributed by atoms with Gasteiger partial charge in [0.2, 0.25) is 5.91 Å². The quantitative estimate of drug-likeness (QED) is 0.754. The van der Waals surface area contributed by atoms with Gasteiger partial charge < -0.3 is 15.0 Å². The van der Waals surface area contributed by atoms with Crippen LogP contribution in [-0.2, 0) is 4.79 Å². The minimum Gasteiger partial charge on any atom is -0.497 e. The summed E-state index contributed by atoms with van der Waals surface area (Å²) in [6.07, 6.45) is 2.77. The van der Waals surface area contributed by atoms with Crippen LogP contribution in [0.15, 0.2) is 24.3 Å². The Morgan fingerprint density at radius 2 is 1.90 bits per heavy atom. The van der Waals surface area contributed by atoms with Gasteiger partial charge in [0.1, 0.15) is 5.75 Å². The molecule has 0 aliphatic rings. The van der Waals surface area contributed by atoms with Crippen LogP contribution in [0, 0.1) is 0 Å². The molecule has 1 N–H and O–H groups in total. The molecular formula is C16H26N2O2. The summed E-state index contributed by atoms with van der Waals surface area (Å²) in [5, 5.41) is 2.91. The maximum Gasteiger partial charge on any atom is 0.225 e. The number of rotatable bonds is 9. The van der Waals surface area contributed by atoms with E-state index in [4.69, 9.17) is 4.74 Å². The summed E-state index contributed by atoms with van der Waals surface area (Å²) in [7, 11) is 1.62. The molecule has 0 aliphatic carbocycles. The molecule has 0 bridgehead atoms. The monoisotopic (exact) mass is 278 g/mol. The van der Waals surface area contributed by atoms with Crippen LogP contribution in [-0.4, -0.2) is 37.6 Å². The van der Waals surface area contributed by atoms with Crippen molar-refractivity contribution in [2.75, 3.05) is 32.1 Å². The largest absolute Gasteiger partial charge is 0.497 e. The second kappa shape index (κ2) is 9.37. The predicted molar refractivity (Wildman–Crippen MR) is 83.3 cm³/mol. The minimum absolute atomic E-state index is 0.0514. The zero-order chi connectivity index (χ0) is 14.8. The van der Waals surface area contributed by atoms with Gasteiger partial charge in [-0.05, 0) is 38.1 Å². The maximum atomic E-state index is 11.9. The Balaban J connectivity index is 2.42. The lowest BCUT2D eigenvalue weighted by Crippen LogP contribution is -2.29. The summed E-state index contributed by atoms with van der Waals surface area (Å²) in [5.74, 6) is 0.803. The number of benzene rings is 1. The minimum atomic E-state index is 0.0514. The molecular weight excluding hydrogens is 252 g/mol. The fourth-order valence-corrected chi connectivity index (χ4v) is 2.15. The molecule has 0 spiro atoms. The van der Waals surface area contributed by atoms with Crippen LogP contribution in [0.1, 0.15) is 33.1 Å². The summed E-state index contributed by atoms with van der Waals surface area (Å²) in [6, 6.07) is 7.43. The van der Waals surface area contributed by atoms with Gasteiger partial charge in [0.25, 0.3) is 0 Å². The highest BCUT2D eigenvalue weighted by molar-refractivity contribution is 5.90. The molecule has 1 amide bonds. The van der Waals surface area contributed by atoms with E-state index in [-0.39, 0.29) is 5.91 Å². The molecule has 4 heteroatoms. The van der Waals surface area contributed by atoms with E-state index in [0.29, 0.717) is 6.42 Å². The summed E-state index contributed by atoms with van der Waals surface area (Å²) in [5.41, 5.74) is 0.784. The molecule has 4 nitrogen and oxygen atoms in total. The molecule has 0 saturated carbocycles. The van der Waals surface area contributed by atoms with E-state index in [1.807, 2.05) is 24.3 Å². The zero-order valence-electron chi connectivity index (χ0n) is 12.8. The standard InChI is InChI=1S/C16H26N2O2/c1-4-10-18(11-5-2)12-9-16(19)17-14-7-6-8-15(13-14)20-3/h6-8,13H,4-5,9-12H2,1-3H3,(H,17,19). The van der Waals surface area contributed by atoms with Crippen LogP contribution in [0.2, 0.25) is 0 Å². The van der Waals surface area contributed by atoms with Gasteiger partial charge in [-0.15, -0.1) is 0 Å². The third-order valence-corrected chi connectivity index (χ3v) is 3.09. The fraction of sp³-hybridized carbons (Fsp3) is 0.562. The first-order valence-corrected chi connectivity index (χ1v) is 7.35. The molecule has 0 atom stereocenters. The normalized spacial score (nSPS) is 10.6. The van der Waals surface area contributed by atoms with Gasteiger partial charge in [0, 0.05) is 24.7 Å². The van der Waals surface area contributed by atoms with E-state index >= 15 is 0 Å². The van der Waals surface area contributed by atoms with Crippen molar-refractivity contribution in [2.24, 2.45) is 0 Å². The smallest absolute Gasteiger partial charge is 0.225 e. The van der Waals surface area contributed by atoms with Gasteiger partial charge in [-0.2, -0.15) is 0 Å². The highest BCUT2D eigenvalue weighted by atomic mass is 16.5. The van der Waals surface area contributed by atoms with E-state index in [2.05, 4.69) is 24.1 Å². The van der Waals surface area contributed by atoms with Crippen molar-refractivity contribution in [3.8, 4) is 5.75 Å². The Morgan fingerprint density at radius 3 is 2.50 bits per heavy atom. The third-order valence-electron chi connectivity index (χ3n) is 3.09. The van der Waals surface area contributed by atoms with E-state index in [9.17, 15) is 4.79 Å². The Bertz CT molecular complexity index is 401. The topological polar surface area (TPSA) is 41.6 Å². The molecule has 0 aliphatic heterocycles. The molecule has 0 aromatic heterocycles. The predicted octanol–water partition coefficient (Wildman–Crippen LogP) is 3.15. The van der Waals surface area contributed by atoms with Gasteiger partial charge in [-0.1, -0.05) is 19.9 Å². The van der Waals surface area contributed by atoms with Gasteiger partial charge in [-0.25, -0.2) is 0 Å². The van der Waals surface area contributed by atoms with E-state index in [1.165, 1.54) is 0 Å². The Labute approximate surface area is 122 Å². The molecule has 0 unspecified atom stereocenters. The zero-order valence-corrected chi connectivity index (χ0v) is 12.8. The highest BCUT2D eigenvalue weighted by Gasteiger charge is 2.07. The number of carbonyl (C=O) groups excluding carboxylic acids is 1. The first-order chi connectivity index (χ1) is 9.69. The number of carbonyl (C=O) groups is 1. The molecule has 0 radical (unpaired) electrons. The van der Waals surface area contributed by atoms with Crippen molar-refractivity contribution in [1.29, 1.82) is 0 Å². The molecule has 0 saturated heterocycles. The average molecular weight is 278 g/mol. The van der Waals surface area contributed by atoms with Crippen molar-refractivity contribution in [3.05, 3.63) is 24.3 Å². The molecule has 1 rings (SSSR count). The van der Waals surface area contributed by atoms with Crippen molar-refractivity contribution < 1.29 is 9.53 Å². The lowest BCUT2D eigenvalue weighted by molar-refractivity contribution is -0.116. The molecule has 1 aromatic carbocycles. The SMILES string of the molecule is CCCN(CCC)CCC(=O)Nc1cccc(OC)c1. The van der Waals surface area contributed by atoms with Crippen LogP contribution in [0.25, 0.3) is 0 Å². The average Bonchev–Trinajstić information content (AvgIpc) is 2.45. The van der Waals surface area contributed by atoms with E-state index < -0.39 is 0 Å². The fourth-order valence-electron chi connectivity index (χ4n) is 2.15. The van der Waals surface area contributed by atoms with Gasteiger partial charge in [0.05, 0.1) is 7.11 Å². The molecule has 0 heterocycles. The van der Waals surface area contributed by atoms with Crippen LogP contribution >= 0.6 is 0 Å². The number of hydrogen-bond donors (Lipinski definition) is 1. The number of amides is 1. The Kier molecular flexibility index (Phi) is 7.73. The van der Waals surface area contributed by atoms with Crippen molar-refractivity contribution in [1.82, 2.24) is 4.90 Å². The van der Waals surface area contributed by atoms with Crippen LogP contribution in [0.4, 0.5) is 5.69 Å². The van der Waals surface area contributed by atoms with Crippen LogP contribution in [0.3, 0.4) is 0 Å². The second-order valence-electron chi connectivity index (χ2n) is 4.87. The first-order valence-electron chi connectivity index (χ1n) is 7.35. The maximum absolute atomic E-state index is 11.9. The third kappa shape index (κ3) is 6.06. The molecule has 20 heavy (non-hydrogen) atoms. The van der Waals surface area contributed by atoms with E-state index in [1.54, 1.807) is 7.11 Å². The lowest BCUT2D eigenvalue weighted by Gasteiger charge is -2.20. The number of nitrogens with one attached hydrogen (secondary N) is 1. The lowest BCUT2D eigenvalue weighted by atomic mass is 10.2. The number of anilines is 1. The van der Waals surface area contributed by atoms with Gasteiger partial charge in [0.15, 0.2) is 0 Å². The van der Waals surface area contributed by atoms with Crippen molar-refractivity contribution >= 4 is 11.6 Å². The first kappa shape index (κ1) is 16.5.